The molecule has 0 saturated carbocycles. The molecule has 1 unspecified atom stereocenters. The third kappa shape index (κ3) is 3.23. The highest BCUT2D eigenvalue weighted by atomic mass is 32.1. The molecular weight excluding hydrogens is 470 g/mol. The highest BCUT2D eigenvalue weighted by Gasteiger charge is 2.67. The molecule has 3 aliphatic rings. The molecule has 180 valence electrons. The van der Waals surface area contributed by atoms with Gasteiger partial charge in [-0.3, -0.25) is 14.9 Å². The summed E-state index contributed by atoms with van der Waals surface area (Å²) in [6.07, 6.45) is 0.775. The molecule has 1 N–H and O–H groups in total. The Morgan fingerprint density at radius 1 is 1.06 bits per heavy atom. The monoisotopic (exact) mass is 495 g/mol. The van der Waals surface area contributed by atoms with Crippen molar-refractivity contribution in [2.45, 2.75) is 38.1 Å². The predicted molar refractivity (Wildman–Crippen MR) is 140 cm³/mol. The lowest BCUT2D eigenvalue weighted by molar-refractivity contribution is -0.573. The maximum Gasteiger partial charge on any atom is 0.273 e. The number of hydrogen-bond donors (Lipinski definition) is 1. The highest BCUT2D eigenvalue weighted by Crippen LogP contribution is 2.64. The third-order valence-electron chi connectivity index (χ3n) is 7.80. The van der Waals surface area contributed by atoms with Crippen LogP contribution in [-0.4, -0.2) is 15.8 Å². The lowest BCUT2D eigenvalue weighted by Gasteiger charge is -2.52. The van der Waals surface area contributed by atoms with Crippen molar-refractivity contribution >= 4 is 22.4 Å². The molecule has 0 aliphatic heterocycles. The van der Waals surface area contributed by atoms with Crippen LogP contribution in [0.1, 0.15) is 58.3 Å². The van der Waals surface area contributed by atoms with E-state index in [1.165, 1.54) is 16.9 Å². The smallest absolute Gasteiger partial charge is 0.273 e. The quantitative estimate of drug-likeness (QED) is 0.270. The number of nitro groups is 1. The van der Waals surface area contributed by atoms with E-state index in [2.05, 4.69) is 41.5 Å². The lowest BCUT2D eigenvalue weighted by Crippen LogP contribution is -2.57. The molecular formula is C29H25N3O3S. The molecule has 1 atom stereocenters. The van der Waals surface area contributed by atoms with Gasteiger partial charge < -0.3 is 5.32 Å². The first-order chi connectivity index (χ1) is 17.3. The zero-order valence-electron chi connectivity index (χ0n) is 20.0. The van der Waals surface area contributed by atoms with Gasteiger partial charge in [0.15, 0.2) is 5.13 Å². The number of hydrogen-bond acceptors (Lipinski definition) is 5. The SMILES string of the molecule is Cc1ccc(Cc2csc(NC(=O)C3(C)CC4([N+](=O)[O-])c5ccccc5C3c3ccccc34)n2)cc1. The van der Waals surface area contributed by atoms with Crippen LogP contribution in [-0.2, 0) is 16.8 Å². The molecule has 1 aromatic heterocycles. The molecule has 1 amide bonds. The summed E-state index contributed by atoms with van der Waals surface area (Å²) >= 11 is 1.38. The zero-order valence-corrected chi connectivity index (χ0v) is 20.8. The highest BCUT2D eigenvalue weighted by molar-refractivity contribution is 7.13. The van der Waals surface area contributed by atoms with E-state index in [0.29, 0.717) is 22.7 Å². The number of benzene rings is 3. The molecule has 4 aromatic rings. The molecule has 3 aliphatic carbocycles. The van der Waals surface area contributed by atoms with E-state index in [9.17, 15) is 14.9 Å². The Kier molecular flexibility index (Phi) is 5.09. The fraction of sp³-hybridized carbons (Fsp3) is 0.241. The van der Waals surface area contributed by atoms with Crippen molar-refractivity contribution in [2.75, 3.05) is 5.32 Å². The number of thiazole rings is 1. The predicted octanol–water partition coefficient (Wildman–Crippen LogP) is 6.06. The van der Waals surface area contributed by atoms with E-state index >= 15 is 0 Å². The van der Waals surface area contributed by atoms with Gasteiger partial charge in [0, 0.05) is 40.2 Å². The van der Waals surface area contributed by atoms with Crippen LogP contribution in [0.15, 0.2) is 78.2 Å². The minimum Gasteiger partial charge on any atom is -0.301 e. The number of rotatable bonds is 5. The molecule has 0 spiro atoms. The number of carbonyl (C=O) groups is 1. The van der Waals surface area contributed by atoms with E-state index in [4.69, 9.17) is 0 Å². The van der Waals surface area contributed by atoms with Gasteiger partial charge in [-0.1, -0.05) is 78.4 Å². The van der Waals surface area contributed by atoms with Crippen molar-refractivity contribution in [3.8, 4) is 0 Å². The molecule has 2 bridgehead atoms. The van der Waals surface area contributed by atoms with Gasteiger partial charge >= 0.3 is 0 Å². The third-order valence-corrected chi connectivity index (χ3v) is 8.61. The standard InChI is InChI=1S/C29H25N3O3S/c1-18-11-13-19(14-12-18)15-20-16-36-27(30-20)31-26(33)28(2)17-29(32(34)35)23-9-5-3-7-21(23)25(28)22-8-4-6-10-24(22)29/h3-14,16,25H,15,17H2,1-2H3,(H,30,31,33). The van der Waals surface area contributed by atoms with Gasteiger partial charge in [0.1, 0.15) is 0 Å². The molecule has 7 rings (SSSR count). The molecule has 6 nitrogen and oxygen atoms in total. The number of carbonyl (C=O) groups excluding carboxylic acids is 1. The summed E-state index contributed by atoms with van der Waals surface area (Å²) < 4.78 is 0. The number of aromatic nitrogens is 1. The van der Waals surface area contributed by atoms with Crippen LogP contribution < -0.4 is 5.32 Å². The van der Waals surface area contributed by atoms with E-state index in [0.717, 1.165) is 22.4 Å². The number of fused-ring (bicyclic) bond motifs is 1. The fourth-order valence-electron chi connectivity index (χ4n) is 6.15. The van der Waals surface area contributed by atoms with Gasteiger partial charge in [-0.2, -0.15) is 0 Å². The van der Waals surface area contributed by atoms with Crippen LogP contribution in [0.2, 0.25) is 0 Å². The molecule has 1 heterocycles. The van der Waals surface area contributed by atoms with Crippen molar-refractivity contribution in [1.29, 1.82) is 0 Å². The molecule has 3 aromatic carbocycles. The molecule has 0 radical (unpaired) electrons. The Morgan fingerprint density at radius 2 is 1.67 bits per heavy atom. The van der Waals surface area contributed by atoms with Crippen molar-refractivity contribution in [2.24, 2.45) is 5.41 Å². The number of amides is 1. The summed E-state index contributed by atoms with van der Waals surface area (Å²) in [5.41, 5.74) is 3.86. The Balaban J connectivity index is 1.36. The van der Waals surface area contributed by atoms with Gasteiger partial charge in [0.2, 0.25) is 5.91 Å². The van der Waals surface area contributed by atoms with Crippen molar-refractivity contribution in [3.63, 3.8) is 0 Å². The summed E-state index contributed by atoms with van der Waals surface area (Å²) in [5, 5.41) is 18.3. The van der Waals surface area contributed by atoms with Crippen molar-refractivity contribution < 1.29 is 9.72 Å². The Hall–Kier alpha value is -3.84. The Morgan fingerprint density at radius 3 is 2.28 bits per heavy atom. The van der Waals surface area contributed by atoms with Gasteiger partial charge in [-0.15, -0.1) is 11.3 Å². The second kappa shape index (κ2) is 8.10. The zero-order chi connectivity index (χ0) is 25.1. The summed E-state index contributed by atoms with van der Waals surface area (Å²) in [7, 11) is 0. The maximum absolute atomic E-state index is 13.9. The van der Waals surface area contributed by atoms with Crippen LogP contribution in [0, 0.1) is 22.5 Å². The number of nitrogens with zero attached hydrogens (tertiary/aromatic N) is 2. The summed E-state index contributed by atoms with van der Waals surface area (Å²) in [6, 6.07) is 23.3. The fourth-order valence-corrected chi connectivity index (χ4v) is 6.85. The van der Waals surface area contributed by atoms with Crippen LogP contribution in [0.4, 0.5) is 5.13 Å². The Labute approximate surface area is 213 Å². The molecule has 0 fully saturated rings. The van der Waals surface area contributed by atoms with Gasteiger partial charge in [0.05, 0.1) is 11.1 Å². The Bertz CT molecular complexity index is 1460. The number of aryl methyl sites for hydroxylation is 1. The maximum atomic E-state index is 13.9. The van der Waals surface area contributed by atoms with E-state index in [1.807, 2.05) is 60.8 Å². The van der Waals surface area contributed by atoms with Gasteiger partial charge in [-0.05, 0) is 30.5 Å². The van der Waals surface area contributed by atoms with Crippen molar-refractivity contribution in [1.82, 2.24) is 4.98 Å². The number of nitrogens with one attached hydrogen (secondary N) is 1. The first-order valence-electron chi connectivity index (χ1n) is 12.0. The molecule has 0 saturated heterocycles. The average Bonchev–Trinajstić information content (AvgIpc) is 3.32. The largest absolute Gasteiger partial charge is 0.301 e. The topological polar surface area (TPSA) is 85.1 Å². The van der Waals surface area contributed by atoms with Crippen molar-refractivity contribution in [3.05, 3.63) is 127 Å². The minimum atomic E-state index is -1.46. The first kappa shape index (κ1) is 22.6. The van der Waals surface area contributed by atoms with Crippen LogP contribution in [0.5, 0.6) is 0 Å². The van der Waals surface area contributed by atoms with E-state index in [1.54, 1.807) is 0 Å². The normalized spacial score (nSPS) is 23.6. The number of anilines is 1. The second-order valence-corrected chi connectivity index (χ2v) is 10.9. The average molecular weight is 496 g/mol. The van der Waals surface area contributed by atoms with Gasteiger partial charge in [0.25, 0.3) is 5.54 Å². The van der Waals surface area contributed by atoms with E-state index < -0.39 is 11.0 Å². The summed E-state index contributed by atoms with van der Waals surface area (Å²) in [6.45, 7) is 3.91. The minimum absolute atomic E-state index is 0.0964. The summed E-state index contributed by atoms with van der Waals surface area (Å²) in [5.74, 6) is -0.516. The molecule has 36 heavy (non-hydrogen) atoms. The van der Waals surface area contributed by atoms with Gasteiger partial charge in [-0.25, -0.2) is 4.98 Å². The lowest BCUT2D eigenvalue weighted by atomic mass is 9.49. The van der Waals surface area contributed by atoms with Crippen LogP contribution >= 0.6 is 11.3 Å². The van der Waals surface area contributed by atoms with Crippen LogP contribution in [0.25, 0.3) is 0 Å². The molecule has 7 heteroatoms. The van der Waals surface area contributed by atoms with Crippen LogP contribution in [0.3, 0.4) is 0 Å². The summed E-state index contributed by atoms with van der Waals surface area (Å²) in [4.78, 5) is 31.1. The second-order valence-electron chi connectivity index (χ2n) is 10.1. The van der Waals surface area contributed by atoms with E-state index in [-0.39, 0.29) is 23.2 Å². The first-order valence-corrected chi connectivity index (χ1v) is 12.9.